The van der Waals surface area contributed by atoms with Crippen molar-refractivity contribution in [2.24, 2.45) is 0 Å². The molecule has 2 rings (SSSR count). The van der Waals surface area contributed by atoms with Crippen molar-refractivity contribution in [2.45, 2.75) is 26.3 Å². The zero-order valence-corrected chi connectivity index (χ0v) is 13.0. The average Bonchev–Trinajstić information content (AvgIpc) is 2.53. The van der Waals surface area contributed by atoms with Gasteiger partial charge < -0.3 is 10.2 Å². The highest BCUT2D eigenvalue weighted by atomic mass is 16.6. The number of anilines is 2. The van der Waals surface area contributed by atoms with Gasteiger partial charge in [0.05, 0.1) is 4.92 Å². The summed E-state index contributed by atoms with van der Waals surface area (Å²) < 4.78 is 0. The van der Waals surface area contributed by atoms with Crippen molar-refractivity contribution < 1.29 is 4.92 Å². The Morgan fingerprint density at radius 3 is 2.52 bits per heavy atom. The zero-order chi connectivity index (χ0) is 15.4. The van der Waals surface area contributed by atoms with Gasteiger partial charge in [-0.3, -0.25) is 15.0 Å². The molecule has 0 bridgehead atoms. The van der Waals surface area contributed by atoms with Crippen LogP contribution < -0.4 is 10.2 Å². The molecule has 1 fully saturated rings. The second kappa shape index (κ2) is 6.76. The Balaban J connectivity index is 2.19. The van der Waals surface area contributed by atoms with E-state index in [1.54, 1.807) is 13.1 Å². The fraction of sp³-hybridized carbons (Fsp3) is 0.600. The van der Waals surface area contributed by atoms with Crippen LogP contribution in [-0.4, -0.2) is 49.1 Å². The van der Waals surface area contributed by atoms with Crippen molar-refractivity contribution in [1.82, 2.24) is 4.90 Å². The number of hydrogen-bond donors (Lipinski definition) is 1. The van der Waals surface area contributed by atoms with Gasteiger partial charge in [-0.25, -0.2) is 0 Å². The number of nitrogens with one attached hydrogen (secondary N) is 1. The van der Waals surface area contributed by atoms with Crippen molar-refractivity contribution in [1.29, 1.82) is 0 Å². The predicted octanol–water partition coefficient (Wildman–Crippen LogP) is 2.56. The topological polar surface area (TPSA) is 61.6 Å². The highest BCUT2D eigenvalue weighted by Gasteiger charge is 2.27. The van der Waals surface area contributed by atoms with Crippen molar-refractivity contribution in [3.63, 3.8) is 0 Å². The van der Waals surface area contributed by atoms with Gasteiger partial charge in [0, 0.05) is 39.3 Å². The first-order chi connectivity index (χ1) is 10.1. The summed E-state index contributed by atoms with van der Waals surface area (Å²) in [6.45, 7) is 8.00. The van der Waals surface area contributed by atoms with Crippen LogP contribution in [0.15, 0.2) is 18.2 Å². The number of benzene rings is 1. The second-order valence-corrected chi connectivity index (χ2v) is 5.46. The van der Waals surface area contributed by atoms with E-state index in [1.807, 2.05) is 12.1 Å². The molecule has 116 valence electrons. The molecule has 1 aromatic rings. The molecule has 1 aromatic carbocycles. The molecule has 21 heavy (non-hydrogen) atoms. The largest absolute Gasteiger partial charge is 0.382 e. The molecular formula is C15H24N4O2. The maximum Gasteiger partial charge on any atom is 0.315 e. The summed E-state index contributed by atoms with van der Waals surface area (Å²) in [5, 5.41) is 14.3. The first-order valence-electron chi connectivity index (χ1n) is 7.52. The number of nitro groups is 1. The Morgan fingerprint density at radius 1 is 1.33 bits per heavy atom. The summed E-state index contributed by atoms with van der Waals surface area (Å²) in [5.41, 5.74) is 1.47. The fourth-order valence-electron chi connectivity index (χ4n) is 2.84. The van der Waals surface area contributed by atoms with Crippen LogP contribution in [0.2, 0.25) is 0 Å². The Morgan fingerprint density at radius 2 is 2.00 bits per heavy atom. The van der Waals surface area contributed by atoms with Gasteiger partial charge in [-0.15, -0.1) is 0 Å². The lowest BCUT2D eigenvalue weighted by Gasteiger charge is -2.38. The quantitative estimate of drug-likeness (QED) is 0.667. The van der Waals surface area contributed by atoms with Crippen LogP contribution in [0, 0.1) is 10.1 Å². The minimum atomic E-state index is -0.289. The van der Waals surface area contributed by atoms with Crippen molar-refractivity contribution >= 4 is 17.1 Å². The van der Waals surface area contributed by atoms with Gasteiger partial charge in [0.15, 0.2) is 0 Å². The summed E-state index contributed by atoms with van der Waals surface area (Å²) >= 11 is 0. The van der Waals surface area contributed by atoms with E-state index in [2.05, 4.69) is 29.0 Å². The van der Waals surface area contributed by atoms with Crippen molar-refractivity contribution in [3.8, 4) is 0 Å². The molecule has 0 amide bonds. The standard InChI is InChI=1S/C15H24N4O2/c1-4-12(2)17-8-10-18(11-9-17)14-7-5-6-13(16-3)15(14)19(20)21/h5-7,12,16H,4,8-11H2,1-3H3. The average molecular weight is 292 g/mol. The second-order valence-electron chi connectivity index (χ2n) is 5.46. The third-order valence-corrected chi connectivity index (χ3v) is 4.34. The summed E-state index contributed by atoms with van der Waals surface area (Å²) in [6.07, 6.45) is 1.13. The van der Waals surface area contributed by atoms with E-state index in [4.69, 9.17) is 0 Å². The van der Waals surface area contributed by atoms with E-state index in [0.717, 1.165) is 38.3 Å². The third kappa shape index (κ3) is 3.26. The maximum atomic E-state index is 11.4. The molecule has 0 radical (unpaired) electrons. The molecule has 1 saturated heterocycles. The monoisotopic (exact) mass is 292 g/mol. The summed E-state index contributed by atoms with van der Waals surface area (Å²) in [7, 11) is 1.72. The Labute approximate surface area is 125 Å². The lowest BCUT2D eigenvalue weighted by molar-refractivity contribution is -0.383. The van der Waals surface area contributed by atoms with Crippen LogP contribution in [0.25, 0.3) is 0 Å². The molecule has 6 nitrogen and oxygen atoms in total. The highest BCUT2D eigenvalue weighted by molar-refractivity contribution is 5.77. The van der Waals surface area contributed by atoms with Crippen molar-refractivity contribution in [2.75, 3.05) is 43.4 Å². The molecule has 1 unspecified atom stereocenters. The van der Waals surface area contributed by atoms with Crippen molar-refractivity contribution in [3.05, 3.63) is 28.3 Å². The fourth-order valence-corrected chi connectivity index (χ4v) is 2.84. The van der Waals surface area contributed by atoms with Crippen LogP contribution in [-0.2, 0) is 0 Å². The summed E-state index contributed by atoms with van der Waals surface area (Å²) in [4.78, 5) is 15.7. The molecule has 1 atom stereocenters. The van der Waals surface area contributed by atoms with E-state index >= 15 is 0 Å². The van der Waals surface area contributed by atoms with E-state index in [1.165, 1.54) is 0 Å². The molecular weight excluding hydrogens is 268 g/mol. The molecule has 1 aliphatic rings. The number of nitro benzene ring substituents is 1. The normalized spacial score (nSPS) is 17.6. The predicted molar refractivity (Wildman–Crippen MR) is 86.2 cm³/mol. The van der Waals surface area contributed by atoms with Gasteiger partial charge in [0.1, 0.15) is 11.4 Å². The zero-order valence-electron chi connectivity index (χ0n) is 13.0. The minimum Gasteiger partial charge on any atom is -0.382 e. The number of rotatable bonds is 5. The third-order valence-electron chi connectivity index (χ3n) is 4.34. The molecule has 0 saturated carbocycles. The van der Waals surface area contributed by atoms with E-state index in [-0.39, 0.29) is 10.6 Å². The number of hydrogen-bond acceptors (Lipinski definition) is 5. The molecule has 6 heteroatoms. The molecule has 0 spiro atoms. The maximum absolute atomic E-state index is 11.4. The minimum absolute atomic E-state index is 0.178. The Hall–Kier alpha value is -1.82. The Bertz CT molecular complexity index is 498. The SMILES string of the molecule is CCC(C)N1CCN(c2cccc(NC)c2[N+](=O)[O-])CC1. The molecule has 1 heterocycles. The molecule has 0 aromatic heterocycles. The first kappa shape index (κ1) is 15.6. The van der Waals surface area contributed by atoms with E-state index < -0.39 is 0 Å². The van der Waals surface area contributed by atoms with Crippen LogP contribution in [0.3, 0.4) is 0 Å². The molecule has 1 aliphatic heterocycles. The van der Waals surface area contributed by atoms with Gasteiger partial charge in [0.25, 0.3) is 0 Å². The number of nitrogens with zero attached hydrogens (tertiary/aromatic N) is 3. The highest BCUT2D eigenvalue weighted by Crippen LogP contribution is 2.35. The van der Waals surface area contributed by atoms with Gasteiger partial charge in [0.2, 0.25) is 0 Å². The van der Waals surface area contributed by atoms with Gasteiger partial charge in [-0.1, -0.05) is 13.0 Å². The van der Waals surface area contributed by atoms with Crippen LogP contribution in [0.5, 0.6) is 0 Å². The van der Waals surface area contributed by atoms with Crippen LogP contribution in [0.1, 0.15) is 20.3 Å². The van der Waals surface area contributed by atoms with Gasteiger partial charge in [-0.2, -0.15) is 0 Å². The van der Waals surface area contributed by atoms with E-state index in [9.17, 15) is 10.1 Å². The first-order valence-corrected chi connectivity index (χ1v) is 7.52. The van der Waals surface area contributed by atoms with Crippen LogP contribution in [0.4, 0.5) is 17.1 Å². The molecule has 1 N–H and O–H groups in total. The lowest BCUT2D eigenvalue weighted by atomic mass is 10.1. The summed E-state index contributed by atoms with van der Waals surface area (Å²) in [6, 6.07) is 6.04. The molecule has 0 aliphatic carbocycles. The Kier molecular flexibility index (Phi) is 5.01. The van der Waals surface area contributed by atoms with Gasteiger partial charge >= 0.3 is 5.69 Å². The number of piperazine rings is 1. The number of para-hydroxylation sites is 1. The lowest BCUT2D eigenvalue weighted by Crippen LogP contribution is -2.49. The summed E-state index contributed by atoms with van der Waals surface area (Å²) in [5.74, 6) is 0. The van der Waals surface area contributed by atoms with Gasteiger partial charge in [-0.05, 0) is 25.5 Å². The van der Waals surface area contributed by atoms with Crippen LogP contribution >= 0.6 is 0 Å². The van der Waals surface area contributed by atoms with E-state index in [0.29, 0.717) is 11.7 Å². The smallest absolute Gasteiger partial charge is 0.315 e.